The predicted octanol–water partition coefficient (Wildman–Crippen LogP) is 2.57. The van der Waals surface area contributed by atoms with E-state index in [1.54, 1.807) is 0 Å². The zero-order valence-corrected chi connectivity index (χ0v) is 10.6. The van der Waals surface area contributed by atoms with Crippen molar-refractivity contribution in [2.75, 3.05) is 0 Å². The number of H-pyrrole nitrogens is 1. The molecule has 1 heterocycles. The zero-order chi connectivity index (χ0) is 14.0. The van der Waals surface area contributed by atoms with Crippen LogP contribution in [0.2, 0.25) is 0 Å². The second-order valence-corrected chi connectivity index (χ2v) is 4.51. The fraction of sp³-hybridized carbons (Fsp3) is 0.214. The van der Waals surface area contributed by atoms with Crippen LogP contribution in [0.4, 0.5) is 4.39 Å². The van der Waals surface area contributed by atoms with Crippen LogP contribution in [0.15, 0.2) is 29.1 Å². The van der Waals surface area contributed by atoms with E-state index in [0.717, 1.165) is 6.07 Å². The van der Waals surface area contributed by atoms with Gasteiger partial charge in [-0.25, -0.2) is 9.37 Å². The first kappa shape index (κ1) is 13.0. The zero-order valence-electron chi connectivity index (χ0n) is 10.6. The molecule has 0 aliphatic heterocycles. The third-order valence-corrected chi connectivity index (χ3v) is 2.63. The van der Waals surface area contributed by atoms with Gasteiger partial charge >= 0.3 is 0 Å². The summed E-state index contributed by atoms with van der Waals surface area (Å²) in [6.07, 6.45) is 0. The van der Waals surface area contributed by atoms with Gasteiger partial charge in [0, 0.05) is 17.5 Å². The molecule has 2 aromatic rings. The first-order valence-electron chi connectivity index (χ1n) is 5.82. The lowest BCUT2D eigenvalue weighted by Gasteiger charge is -2.07. The molecule has 4 nitrogen and oxygen atoms in total. The standard InChI is InChI=1S/C14H12FN3O/c1-8(2)14-17-12(6-13(19)18-14)10-3-9(7-16)4-11(15)5-10/h3-6,8H,1-2H3,(H,17,18,19). The molecule has 0 atom stereocenters. The highest BCUT2D eigenvalue weighted by Gasteiger charge is 2.09. The van der Waals surface area contributed by atoms with E-state index < -0.39 is 5.82 Å². The molecule has 19 heavy (non-hydrogen) atoms. The lowest BCUT2D eigenvalue weighted by Crippen LogP contribution is -2.12. The first-order chi connectivity index (χ1) is 8.99. The number of aromatic amines is 1. The van der Waals surface area contributed by atoms with E-state index in [0.29, 0.717) is 17.1 Å². The smallest absolute Gasteiger partial charge is 0.251 e. The van der Waals surface area contributed by atoms with Gasteiger partial charge in [0.05, 0.1) is 17.3 Å². The fourth-order valence-electron chi connectivity index (χ4n) is 1.70. The Morgan fingerprint density at radius 3 is 2.68 bits per heavy atom. The fourth-order valence-corrected chi connectivity index (χ4v) is 1.70. The molecule has 0 aliphatic carbocycles. The normalized spacial score (nSPS) is 10.5. The Balaban J connectivity index is 2.62. The summed E-state index contributed by atoms with van der Waals surface area (Å²) in [5.41, 5.74) is 0.688. The highest BCUT2D eigenvalue weighted by atomic mass is 19.1. The van der Waals surface area contributed by atoms with Crippen LogP contribution in [0.3, 0.4) is 0 Å². The summed E-state index contributed by atoms with van der Waals surface area (Å²) in [6, 6.07) is 7.07. The van der Waals surface area contributed by atoms with E-state index in [2.05, 4.69) is 9.97 Å². The number of halogens is 1. The van der Waals surface area contributed by atoms with Crippen LogP contribution in [0, 0.1) is 17.1 Å². The van der Waals surface area contributed by atoms with Gasteiger partial charge in [-0.2, -0.15) is 5.26 Å². The maximum atomic E-state index is 13.4. The second-order valence-electron chi connectivity index (χ2n) is 4.51. The van der Waals surface area contributed by atoms with E-state index in [9.17, 15) is 9.18 Å². The van der Waals surface area contributed by atoms with Gasteiger partial charge in [-0.15, -0.1) is 0 Å². The van der Waals surface area contributed by atoms with Gasteiger partial charge in [-0.1, -0.05) is 13.8 Å². The average Bonchev–Trinajstić information content (AvgIpc) is 2.37. The Kier molecular flexibility index (Phi) is 3.43. The monoisotopic (exact) mass is 257 g/mol. The number of aromatic nitrogens is 2. The molecule has 0 saturated carbocycles. The third-order valence-electron chi connectivity index (χ3n) is 2.63. The number of hydrogen-bond donors (Lipinski definition) is 1. The van der Waals surface area contributed by atoms with Crippen molar-refractivity contribution in [3.8, 4) is 17.3 Å². The Labute approximate surface area is 109 Å². The van der Waals surface area contributed by atoms with Crippen LogP contribution < -0.4 is 5.56 Å². The van der Waals surface area contributed by atoms with E-state index >= 15 is 0 Å². The van der Waals surface area contributed by atoms with Crippen LogP contribution in [-0.4, -0.2) is 9.97 Å². The topological polar surface area (TPSA) is 69.5 Å². The Hall–Kier alpha value is -2.48. The SMILES string of the molecule is CC(C)c1nc(-c2cc(F)cc(C#N)c2)cc(=O)[nH]1. The number of nitrogens with one attached hydrogen (secondary N) is 1. The summed E-state index contributed by atoms with van der Waals surface area (Å²) in [4.78, 5) is 18.5. The predicted molar refractivity (Wildman–Crippen MR) is 69.1 cm³/mol. The van der Waals surface area contributed by atoms with Gasteiger partial charge in [-0.3, -0.25) is 4.79 Å². The highest BCUT2D eigenvalue weighted by molar-refractivity contribution is 5.61. The molecule has 0 unspecified atom stereocenters. The minimum absolute atomic E-state index is 0.0525. The number of rotatable bonds is 2. The Bertz CT molecular complexity index is 713. The molecule has 0 aliphatic rings. The minimum Gasteiger partial charge on any atom is -0.310 e. The van der Waals surface area contributed by atoms with E-state index in [4.69, 9.17) is 5.26 Å². The van der Waals surface area contributed by atoms with Crippen LogP contribution in [-0.2, 0) is 0 Å². The van der Waals surface area contributed by atoms with Crippen LogP contribution in [0.5, 0.6) is 0 Å². The Morgan fingerprint density at radius 2 is 2.05 bits per heavy atom. The maximum absolute atomic E-state index is 13.4. The van der Waals surface area contributed by atoms with Crippen LogP contribution in [0.25, 0.3) is 11.3 Å². The lowest BCUT2D eigenvalue weighted by molar-refractivity contribution is 0.627. The number of hydrogen-bond acceptors (Lipinski definition) is 3. The molecular weight excluding hydrogens is 245 g/mol. The molecule has 0 amide bonds. The number of nitrogens with zero attached hydrogens (tertiary/aromatic N) is 2. The molecule has 1 aromatic heterocycles. The molecule has 96 valence electrons. The quantitative estimate of drug-likeness (QED) is 0.898. The summed E-state index contributed by atoms with van der Waals surface area (Å²) in [7, 11) is 0. The summed E-state index contributed by atoms with van der Waals surface area (Å²) in [5.74, 6) is 0.0594. The van der Waals surface area contributed by atoms with Gasteiger partial charge in [-0.05, 0) is 18.2 Å². The van der Waals surface area contributed by atoms with Crippen molar-refractivity contribution >= 4 is 0 Å². The minimum atomic E-state index is -0.526. The molecular formula is C14H12FN3O. The summed E-state index contributed by atoms with van der Waals surface area (Å²) < 4.78 is 13.4. The van der Waals surface area contributed by atoms with Crippen molar-refractivity contribution in [2.24, 2.45) is 0 Å². The molecule has 5 heteroatoms. The molecule has 2 rings (SSSR count). The van der Waals surface area contributed by atoms with Crippen molar-refractivity contribution in [3.05, 3.63) is 51.8 Å². The van der Waals surface area contributed by atoms with Gasteiger partial charge in [0.2, 0.25) is 0 Å². The average molecular weight is 257 g/mol. The van der Waals surface area contributed by atoms with Gasteiger partial charge in [0.25, 0.3) is 5.56 Å². The second kappa shape index (κ2) is 5.02. The number of nitriles is 1. The summed E-state index contributed by atoms with van der Waals surface area (Å²) in [5, 5.41) is 8.83. The van der Waals surface area contributed by atoms with Crippen LogP contribution >= 0.6 is 0 Å². The molecule has 0 bridgehead atoms. The van der Waals surface area contributed by atoms with E-state index in [-0.39, 0.29) is 17.0 Å². The van der Waals surface area contributed by atoms with Gasteiger partial charge in [0.1, 0.15) is 11.6 Å². The van der Waals surface area contributed by atoms with E-state index in [1.807, 2.05) is 19.9 Å². The van der Waals surface area contributed by atoms with Gasteiger partial charge in [0.15, 0.2) is 0 Å². The molecule has 0 saturated heterocycles. The lowest BCUT2D eigenvalue weighted by atomic mass is 10.1. The van der Waals surface area contributed by atoms with Crippen molar-refractivity contribution in [3.63, 3.8) is 0 Å². The van der Waals surface area contributed by atoms with Crippen molar-refractivity contribution in [1.29, 1.82) is 5.26 Å². The first-order valence-corrected chi connectivity index (χ1v) is 5.82. The van der Waals surface area contributed by atoms with Crippen LogP contribution in [0.1, 0.15) is 31.2 Å². The molecule has 0 radical (unpaired) electrons. The van der Waals surface area contributed by atoms with Crippen molar-refractivity contribution in [2.45, 2.75) is 19.8 Å². The largest absolute Gasteiger partial charge is 0.310 e. The summed E-state index contributed by atoms with van der Waals surface area (Å²) >= 11 is 0. The number of benzene rings is 1. The van der Waals surface area contributed by atoms with Crippen molar-refractivity contribution < 1.29 is 4.39 Å². The van der Waals surface area contributed by atoms with Crippen molar-refractivity contribution in [1.82, 2.24) is 9.97 Å². The highest BCUT2D eigenvalue weighted by Crippen LogP contribution is 2.20. The molecule has 1 N–H and O–H groups in total. The third kappa shape index (κ3) is 2.86. The maximum Gasteiger partial charge on any atom is 0.251 e. The van der Waals surface area contributed by atoms with E-state index in [1.165, 1.54) is 18.2 Å². The molecule has 1 aromatic carbocycles. The molecule has 0 spiro atoms. The Morgan fingerprint density at radius 1 is 1.32 bits per heavy atom. The van der Waals surface area contributed by atoms with Gasteiger partial charge < -0.3 is 4.98 Å². The molecule has 0 fully saturated rings. The summed E-state index contributed by atoms with van der Waals surface area (Å²) in [6.45, 7) is 3.79.